The summed E-state index contributed by atoms with van der Waals surface area (Å²) in [5.41, 5.74) is 0.331. The van der Waals surface area contributed by atoms with Gasteiger partial charge in [0.15, 0.2) is 5.82 Å². The molecule has 7 heteroatoms. The molecule has 3 rings (SSSR count). The molecule has 6 nitrogen and oxygen atoms in total. The van der Waals surface area contributed by atoms with Crippen molar-refractivity contribution in [2.75, 3.05) is 11.5 Å². The number of nitrogens with zero attached hydrogens (tertiary/aromatic N) is 2. The maximum absolute atomic E-state index is 12.6. The fraction of sp³-hybridized carbons (Fsp3) is 0.550. The molecule has 0 radical (unpaired) electrons. The zero-order chi connectivity index (χ0) is 19.1. The first-order valence-corrected chi connectivity index (χ1v) is 10.7. The Labute approximate surface area is 164 Å². The van der Waals surface area contributed by atoms with Gasteiger partial charge in [-0.1, -0.05) is 61.2 Å². The minimum absolute atomic E-state index is 0.0513. The Kier molecular flexibility index (Phi) is 6.90. The molecule has 1 aliphatic carbocycles. The van der Waals surface area contributed by atoms with Crippen LogP contribution in [0.5, 0.6) is 0 Å². The molecule has 146 valence electrons. The number of thioether (sulfide) groups is 1. The summed E-state index contributed by atoms with van der Waals surface area (Å²) in [6, 6.07) is 9.51. The lowest BCUT2D eigenvalue weighted by Crippen LogP contribution is -2.47. The third kappa shape index (κ3) is 5.32. The molecule has 2 aromatic rings. The molecule has 1 fully saturated rings. The number of aryl methyl sites for hydroxylation is 1. The number of aliphatic hydroxyl groups is 1. The van der Waals surface area contributed by atoms with Crippen LogP contribution in [0.15, 0.2) is 34.9 Å². The minimum atomic E-state index is -0.573. The van der Waals surface area contributed by atoms with Crippen molar-refractivity contribution in [3.63, 3.8) is 0 Å². The Hall–Kier alpha value is -1.86. The molecule has 2 N–H and O–H groups in total. The van der Waals surface area contributed by atoms with Crippen LogP contribution in [0.2, 0.25) is 0 Å². The van der Waals surface area contributed by atoms with Crippen molar-refractivity contribution in [3.8, 4) is 0 Å². The number of nitrogens with one attached hydrogen (secondary N) is 1. The molecule has 1 aliphatic rings. The number of aliphatic hydroxyl groups excluding tert-OH is 1. The lowest BCUT2D eigenvalue weighted by molar-refractivity contribution is -0.120. The zero-order valence-corrected chi connectivity index (χ0v) is 16.5. The van der Waals surface area contributed by atoms with Crippen LogP contribution in [-0.2, 0) is 10.3 Å². The van der Waals surface area contributed by atoms with Gasteiger partial charge in [-0.2, -0.15) is 4.98 Å². The molecule has 1 saturated carbocycles. The van der Waals surface area contributed by atoms with Crippen molar-refractivity contribution in [1.82, 2.24) is 15.5 Å². The average Bonchev–Trinajstić information content (AvgIpc) is 2.98. The highest BCUT2D eigenvalue weighted by molar-refractivity contribution is 7.99. The SMILES string of the molecule is Cc1nc(C2(NC(=O)CSCC(O)c3ccccc3)CCCCCC2)no1. The molecule has 27 heavy (non-hydrogen) atoms. The number of benzene rings is 1. The summed E-state index contributed by atoms with van der Waals surface area (Å²) in [6.45, 7) is 1.77. The van der Waals surface area contributed by atoms with E-state index in [1.807, 2.05) is 30.3 Å². The molecule has 0 spiro atoms. The van der Waals surface area contributed by atoms with Crippen LogP contribution >= 0.6 is 11.8 Å². The summed E-state index contributed by atoms with van der Waals surface area (Å²) in [6.07, 6.45) is 5.47. The molecule has 1 aromatic carbocycles. The fourth-order valence-electron chi connectivity index (χ4n) is 3.57. The van der Waals surface area contributed by atoms with Gasteiger partial charge >= 0.3 is 0 Å². The van der Waals surface area contributed by atoms with Gasteiger partial charge in [-0.3, -0.25) is 4.79 Å². The van der Waals surface area contributed by atoms with E-state index in [-0.39, 0.29) is 5.91 Å². The molecule has 0 saturated heterocycles. The average molecular weight is 390 g/mol. The van der Waals surface area contributed by atoms with E-state index in [0.29, 0.717) is 23.2 Å². The number of carbonyl (C=O) groups excluding carboxylic acids is 1. The summed E-state index contributed by atoms with van der Waals surface area (Å²) in [7, 11) is 0. The van der Waals surface area contributed by atoms with E-state index in [1.54, 1.807) is 6.92 Å². The van der Waals surface area contributed by atoms with Crippen LogP contribution in [-0.4, -0.2) is 32.7 Å². The molecule has 1 unspecified atom stereocenters. The Bertz CT molecular complexity index is 727. The number of amides is 1. The van der Waals surface area contributed by atoms with Crippen LogP contribution in [0.25, 0.3) is 0 Å². The van der Waals surface area contributed by atoms with Crippen molar-refractivity contribution in [1.29, 1.82) is 0 Å². The van der Waals surface area contributed by atoms with Gasteiger partial charge in [-0.05, 0) is 18.4 Å². The third-order valence-electron chi connectivity index (χ3n) is 4.98. The predicted octanol–water partition coefficient (Wildman–Crippen LogP) is 3.51. The normalized spacial score (nSPS) is 17.9. The van der Waals surface area contributed by atoms with E-state index in [2.05, 4.69) is 15.5 Å². The van der Waals surface area contributed by atoms with Gasteiger partial charge in [-0.25, -0.2) is 0 Å². The molecule has 1 aromatic heterocycles. The van der Waals surface area contributed by atoms with Gasteiger partial charge in [0.25, 0.3) is 0 Å². The molecular weight excluding hydrogens is 362 g/mol. The van der Waals surface area contributed by atoms with Crippen LogP contribution < -0.4 is 5.32 Å². The van der Waals surface area contributed by atoms with Crippen molar-refractivity contribution in [2.24, 2.45) is 0 Å². The standard InChI is InChI=1S/C20H27N3O3S/c1-15-21-19(23-26-15)20(11-7-2-3-8-12-20)22-18(25)14-27-13-17(24)16-9-5-4-6-10-16/h4-6,9-10,17,24H,2-3,7-8,11-14H2,1H3,(H,22,25). The fourth-order valence-corrected chi connectivity index (χ4v) is 4.36. The second kappa shape index (κ2) is 9.37. The zero-order valence-electron chi connectivity index (χ0n) is 15.7. The number of rotatable bonds is 7. The van der Waals surface area contributed by atoms with Crippen molar-refractivity contribution < 1.29 is 14.4 Å². The first-order valence-electron chi connectivity index (χ1n) is 9.52. The predicted molar refractivity (Wildman–Crippen MR) is 105 cm³/mol. The maximum Gasteiger partial charge on any atom is 0.230 e. The Morgan fingerprint density at radius 3 is 2.59 bits per heavy atom. The van der Waals surface area contributed by atoms with E-state index in [4.69, 9.17) is 4.52 Å². The first-order chi connectivity index (χ1) is 13.1. The van der Waals surface area contributed by atoms with E-state index >= 15 is 0 Å². The number of aromatic nitrogens is 2. The molecule has 1 heterocycles. The monoisotopic (exact) mass is 389 g/mol. The maximum atomic E-state index is 12.6. The Morgan fingerprint density at radius 1 is 1.26 bits per heavy atom. The molecule has 0 bridgehead atoms. The van der Waals surface area contributed by atoms with Crippen molar-refractivity contribution in [2.45, 2.75) is 57.1 Å². The second-order valence-electron chi connectivity index (χ2n) is 7.12. The number of hydrogen-bond donors (Lipinski definition) is 2. The Balaban J connectivity index is 1.58. The highest BCUT2D eigenvalue weighted by atomic mass is 32.2. The van der Waals surface area contributed by atoms with Gasteiger partial charge in [0, 0.05) is 12.7 Å². The highest BCUT2D eigenvalue weighted by Gasteiger charge is 2.38. The van der Waals surface area contributed by atoms with Gasteiger partial charge in [-0.15, -0.1) is 11.8 Å². The Morgan fingerprint density at radius 2 is 1.96 bits per heavy atom. The first kappa shape index (κ1) is 19.9. The van der Waals surface area contributed by atoms with Crippen LogP contribution in [0, 0.1) is 6.92 Å². The summed E-state index contributed by atoms with van der Waals surface area (Å²) < 4.78 is 5.18. The van der Waals surface area contributed by atoms with Crippen LogP contribution in [0.3, 0.4) is 0 Å². The lowest BCUT2D eigenvalue weighted by atomic mass is 9.89. The quantitative estimate of drug-likeness (QED) is 0.705. The molecule has 1 amide bonds. The molecule has 1 atom stereocenters. The number of carbonyl (C=O) groups is 1. The lowest BCUT2D eigenvalue weighted by Gasteiger charge is -2.30. The third-order valence-corrected chi connectivity index (χ3v) is 6.00. The molecular formula is C20H27N3O3S. The van der Waals surface area contributed by atoms with E-state index in [1.165, 1.54) is 11.8 Å². The largest absolute Gasteiger partial charge is 0.388 e. The minimum Gasteiger partial charge on any atom is -0.388 e. The summed E-state index contributed by atoms with van der Waals surface area (Å²) in [5.74, 6) is 1.83. The van der Waals surface area contributed by atoms with Gasteiger partial charge < -0.3 is 14.9 Å². The summed E-state index contributed by atoms with van der Waals surface area (Å²) >= 11 is 1.43. The van der Waals surface area contributed by atoms with Crippen LogP contribution in [0.4, 0.5) is 0 Å². The molecule has 0 aliphatic heterocycles. The summed E-state index contributed by atoms with van der Waals surface area (Å²) in [5, 5.41) is 17.5. The van der Waals surface area contributed by atoms with E-state index in [0.717, 1.165) is 44.1 Å². The second-order valence-corrected chi connectivity index (χ2v) is 8.15. The van der Waals surface area contributed by atoms with Crippen LogP contribution in [0.1, 0.15) is 61.9 Å². The summed E-state index contributed by atoms with van der Waals surface area (Å²) in [4.78, 5) is 17.0. The highest BCUT2D eigenvalue weighted by Crippen LogP contribution is 2.34. The van der Waals surface area contributed by atoms with Crippen molar-refractivity contribution >= 4 is 17.7 Å². The smallest absolute Gasteiger partial charge is 0.230 e. The van der Waals surface area contributed by atoms with Gasteiger partial charge in [0.05, 0.1) is 11.9 Å². The topological polar surface area (TPSA) is 88.2 Å². The van der Waals surface area contributed by atoms with Crippen molar-refractivity contribution in [3.05, 3.63) is 47.6 Å². The van der Waals surface area contributed by atoms with E-state index in [9.17, 15) is 9.90 Å². The van der Waals surface area contributed by atoms with E-state index < -0.39 is 11.6 Å². The number of hydrogen-bond acceptors (Lipinski definition) is 6. The van der Waals surface area contributed by atoms with Gasteiger partial charge in [0.1, 0.15) is 5.54 Å². The van der Waals surface area contributed by atoms with Gasteiger partial charge in [0.2, 0.25) is 11.8 Å².